The summed E-state index contributed by atoms with van der Waals surface area (Å²) in [4.78, 5) is 37.0. The van der Waals surface area contributed by atoms with E-state index in [1.165, 1.54) is 83.5 Å². The van der Waals surface area contributed by atoms with Gasteiger partial charge in [-0.05, 0) is 44.5 Å². The molecule has 1 aromatic rings. The number of carbonyl (C=O) groups excluding carboxylic acids is 3. The Hall–Kier alpha value is -2.37. The second-order valence-electron chi connectivity index (χ2n) is 9.78. The summed E-state index contributed by atoms with van der Waals surface area (Å²) in [6.45, 7) is 6.85. The van der Waals surface area contributed by atoms with E-state index in [0.29, 0.717) is 5.56 Å². The van der Waals surface area contributed by atoms with Gasteiger partial charge in [0, 0.05) is 17.8 Å². The van der Waals surface area contributed by atoms with Crippen molar-refractivity contribution in [1.29, 1.82) is 0 Å². The molecule has 1 N–H and O–H groups in total. The van der Waals surface area contributed by atoms with Gasteiger partial charge in [-0.3, -0.25) is 14.4 Å². The predicted molar refractivity (Wildman–Crippen MR) is 151 cm³/mol. The Morgan fingerprint density at radius 2 is 1.16 bits per heavy atom. The molecule has 0 bridgehead atoms. The molecule has 37 heavy (non-hydrogen) atoms. The maximum absolute atomic E-state index is 12.9. The molecule has 0 fully saturated rings. The highest BCUT2D eigenvalue weighted by molar-refractivity contribution is 6.10. The van der Waals surface area contributed by atoms with E-state index in [1.54, 1.807) is 26.0 Å². The molecule has 0 aromatic heterocycles. The Morgan fingerprint density at radius 1 is 0.676 bits per heavy atom. The normalized spacial score (nSPS) is 11.6. The topological polar surface area (TPSA) is 81.7 Å². The Bertz CT molecular complexity index is 746. The number of carbonyl (C=O) groups is 3. The number of Topliss-reactive ketones (excluding diaryl/α,β-unsaturated/α-hetero) is 1. The van der Waals surface area contributed by atoms with E-state index in [9.17, 15) is 14.4 Å². The third kappa shape index (κ3) is 15.5. The standard InChI is InChI=1S/C31H51NO5/c1-4-7-8-9-10-11-12-13-14-15-16-17-18-19-24-32-27-22-20-26(21-23-27)30(34)28(31(35)37-6-3)25-29(33)36-5-2/h20-23,28,32H,4-19,24-25H2,1-3H3. The van der Waals surface area contributed by atoms with Gasteiger partial charge < -0.3 is 14.8 Å². The van der Waals surface area contributed by atoms with Crippen LogP contribution in [0.5, 0.6) is 0 Å². The summed E-state index contributed by atoms with van der Waals surface area (Å²) in [7, 11) is 0. The number of ketones is 1. The van der Waals surface area contributed by atoms with Crippen LogP contribution >= 0.6 is 0 Å². The van der Waals surface area contributed by atoms with Gasteiger partial charge >= 0.3 is 11.9 Å². The minimum atomic E-state index is -1.19. The monoisotopic (exact) mass is 517 g/mol. The van der Waals surface area contributed by atoms with Crippen LogP contribution in [0, 0.1) is 5.92 Å². The molecule has 0 aliphatic rings. The molecule has 0 saturated carbocycles. The summed E-state index contributed by atoms with van der Waals surface area (Å²) < 4.78 is 9.92. The van der Waals surface area contributed by atoms with Gasteiger partial charge in [-0.25, -0.2) is 0 Å². The van der Waals surface area contributed by atoms with E-state index in [-0.39, 0.29) is 19.6 Å². The van der Waals surface area contributed by atoms with Crippen LogP contribution in [0.4, 0.5) is 5.69 Å². The highest BCUT2D eigenvalue weighted by atomic mass is 16.5. The zero-order valence-corrected chi connectivity index (χ0v) is 23.7. The van der Waals surface area contributed by atoms with Gasteiger partial charge in [0.25, 0.3) is 0 Å². The van der Waals surface area contributed by atoms with Crippen molar-refractivity contribution in [3.63, 3.8) is 0 Å². The third-order valence-corrected chi connectivity index (χ3v) is 6.59. The average molecular weight is 518 g/mol. The minimum Gasteiger partial charge on any atom is -0.466 e. The zero-order valence-electron chi connectivity index (χ0n) is 23.7. The zero-order chi connectivity index (χ0) is 27.1. The molecule has 0 radical (unpaired) electrons. The van der Waals surface area contributed by atoms with Crippen LogP contribution in [-0.2, 0) is 19.1 Å². The van der Waals surface area contributed by atoms with E-state index >= 15 is 0 Å². The lowest BCUT2D eigenvalue weighted by Crippen LogP contribution is -2.29. The van der Waals surface area contributed by atoms with Crippen molar-refractivity contribution < 1.29 is 23.9 Å². The SMILES string of the molecule is CCCCCCCCCCCCCCCCNc1ccc(C(=O)C(CC(=O)OCC)C(=O)OCC)cc1. The van der Waals surface area contributed by atoms with Crippen LogP contribution in [0.15, 0.2) is 24.3 Å². The van der Waals surface area contributed by atoms with Crippen LogP contribution < -0.4 is 5.32 Å². The molecule has 1 atom stereocenters. The van der Waals surface area contributed by atoms with Crippen molar-refractivity contribution >= 4 is 23.4 Å². The fourth-order valence-electron chi connectivity index (χ4n) is 4.42. The van der Waals surface area contributed by atoms with Crippen molar-refractivity contribution in [2.75, 3.05) is 25.1 Å². The van der Waals surface area contributed by atoms with Gasteiger partial charge in [0.15, 0.2) is 5.78 Å². The molecule has 0 aliphatic heterocycles. The number of hydrogen-bond donors (Lipinski definition) is 1. The summed E-state index contributed by atoms with van der Waals surface area (Å²) in [5.41, 5.74) is 1.31. The van der Waals surface area contributed by atoms with E-state index < -0.39 is 23.6 Å². The molecule has 0 spiro atoms. The highest BCUT2D eigenvalue weighted by Gasteiger charge is 2.32. The fraction of sp³-hybridized carbons (Fsp3) is 0.710. The maximum atomic E-state index is 12.9. The first kappa shape index (κ1) is 32.7. The van der Waals surface area contributed by atoms with Crippen LogP contribution in [0.2, 0.25) is 0 Å². The maximum Gasteiger partial charge on any atom is 0.317 e. The molecule has 6 nitrogen and oxygen atoms in total. The fourth-order valence-corrected chi connectivity index (χ4v) is 4.42. The van der Waals surface area contributed by atoms with Gasteiger partial charge in [0.2, 0.25) is 0 Å². The molecule has 210 valence electrons. The first-order valence-electron chi connectivity index (χ1n) is 14.7. The third-order valence-electron chi connectivity index (χ3n) is 6.59. The number of benzene rings is 1. The number of anilines is 1. The molecule has 1 aromatic carbocycles. The van der Waals surface area contributed by atoms with Gasteiger partial charge in [0.1, 0.15) is 5.92 Å². The summed E-state index contributed by atoms with van der Waals surface area (Å²) in [6.07, 6.45) is 18.5. The Labute approximate surface area is 225 Å². The number of rotatable bonds is 23. The van der Waals surface area contributed by atoms with Crippen molar-refractivity contribution in [3.8, 4) is 0 Å². The van der Waals surface area contributed by atoms with Crippen molar-refractivity contribution in [3.05, 3.63) is 29.8 Å². The van der Waals surface area contributed by atoms with E-state index in [1.807, 2.05) is 12.1 Å². The first-order valence-corrected chi connectivity index (χ1v) is 14.7. The lowest BCUT2D eigenvalue weighted by molar-refractivity contribution is -0.152. The molecule has 0 saturated heterocycles. The molecule has 0 heterocycles. The van der Waals surface area contributed by atoms with Gasteiger partial charge in [-0.15, -0.1) is 0 Å². The Kier molecular flexibility index (Phi) is 19.1. The summed E-state index contributed by atoms with van der Waals surface area (Å²) in [5, 5.41) is 3.40. The molecule has 0 aliphatic carbocycles. The van der Waals surface area contributed by atoms with Crippen molar-refractivity contribution in [2.24, 2.45) is 5.92 Å². The largest absolute Gasteiger partial charge is 0.466 e. The summed E-state index contributed by atoms with van der Waals surface area (Å²) in [5.74, 6) is -2.89. The molecule has 1 rings (SSSR count). The number of ether oxygens (including phenoxy) is 2. The average Bonchev–Trinajstić information content (AvgIpc) is 2.89. The number of unbranched alkanes of at least 4 members (excludes halogenated alkanes) is 13. The van der Waals surface area contributed by atoms with Gasteiger partial charge in [0.05, 0.1) is 19.6 Å². The molecule has 1 unspecified atom stereocenters. The lowest BCUT2D eigenvalue weighted by atomic mass is 9.94. The van der Waals surface area contributed by atoms with E-state index in [2.05, 4.69) is 12.2 Å². The number of nitrogens with one attached hydrogen (secondary N) is 1. The number of esters is 2. The van der Waals surface area contributed by atoms with Crippen molar-refractivity contribution in [1.82, 2.24) is 0 Å². The number of hydrogen-bond acceptors (Lipinski definition) is 6. The van der Waals surface area contributed by atoms with Crippen LogP contribution in [0.25, 0.3) is 0 Å². The Balaban J connectivity index is 2.23. The molecule has 0 amide bonds. The molecule has 6 heteroatoms. The van der Waals surface area contributed by atoms with Crippen LogP contribution in [0.3, 0.4) is 0 Å². The smallest absolute Gasteiger partial charge is 0.317 e. The Morgan fingerprint density at radius 3 is 1.65 bits per heavy atom. The quantitative estimate of drug-likeness (QED) is 0.0688. The van der Waals surface area contributed by atoms with Crippen molar-refractivity contribution in [2.45, 2.75) is 117 Å². The van der Waals surface area contributed by atoms with E-state index in [0.717, 1.165) is 18.7 Å². The minimum absolute atomic E-state index is 0.146. The predicted octanol–water partition coefficient (Wildman–Crippen LogP) is 7.90. The second kappa shape index (κ2) is 21.7. The second-order valence-corrected chi connectivity index (χ2v) is 9.78. The lowest BCUT2D eigenvalue weighted by Gasteiger charge is -2.14. The van der Waals surface area contributed by atoms with Gasteiger partial charge in [-0.1, -0.05) is 90.4 Å². The summed E-state index contributed by atoms with van der Waals surface area (Å²) >= 11 is 0. The van der Waals surface area contributed by atoms with Gasteiger partial charge in [-0.2, -0.15) is 0 Å². The summed E-state index contributed by atoms with van der Waals surface area (Å²) in [6, 6.07) is 7.05. The first-order chi connectivity index (χ1) is 18.0. The highest BCUT2D eigenvalue weighted by Crippen LogP contribution is 2.19. The van der Waals surface area contributed by atoms with E-state index in [4.69, 9.17) is 9.47 Å². The van der Waals surface area contributed by atoms with Crippen LogP contribution in [0.1, 0.15) is 127 Å². The molecular weight excluding hydrogens is 466 g/mol. The van der Waals surface area contributed by atoms with Crippen LogP contribution in [-0.4, -0.2) is 37.5 Å². The molecular formula is C31H51NO5.